The van der Waals surface area contributed by atoms with Crippen molar-refractivity contribution in [1.29, 1.82) is 0 Å². The highest BCUT2D eigenvalue weighted by Crippen LogP contribution is 2.17. The van der Waals surface area contributed by atoms with Crippen LogP contribution in [0.5, 0.6) is 5.75 Å². The number of aromatic nitrogens is 3. The summed E-state index contributed by atoms with van der Waals surface area (Å²) in [6, 6.07) is 10.6. The molecule has 0 saturated heterocycles. The van der Waals surface area contributed by atoms with Crippen molar-refractivity contribution in [3.8, 4) is 5.75 Å². The van der Waals surface area contributed by atoms with Crippen LogP contribution in [0, 0.1) is 11.6 Å². The summed E-state index contributed by atoms with van der Waals surface area (Å²) in [5, 5.41) is 6.74. The van der Waals surface area contributed by atoms with E-state index in [4.69, 9.17) is 4.74 Å². The first kappa shape index (κ1) is 17.5. The van der Waals surface area contributed by atoms with Crippen LogP contribution in [0.2, 0.25) is 0 Å². The van der Waals surface area contributed by atoms with Gasteiger partial charge in [-0.3, -0.25) is 4.79 Å². The third-order valence-corrected chi connectivity index (χ3v) is 3.54. The van der Waals surface area contributed by atoms with Crippen LogP contribution in [0.25, 0.3) is 0 Å². The van der Waals surface area contributed by atoms with Crippen LogP contribution in [-0.4, -0.2) is 27.3 Å². The third kappa shape index (κ3) is 4.85. The number of nitrogens with one attached hydrogen (secondary N) is 1. The molecule has 0 fully saturated rings. The molecule has 1 heterocycles. The highest BCUT2D eigenvalue weighted by Gasteiger charge is 2.08. The second-order valence-corrected chi connectivity index (χ2v) is 5.55. The Morgan fingerprint density at radius 2 is 2.00 bits per heavy atom. The predicted octanol–water partition coefficient (Wildman–Crippen LogP) is 2.30. The molecule has 0 spiro atoms. The lowest BCUT2D eigenvalue weighted by Gasteiger charge is -2.09. The summed E-state index contributed by atoms with van der Waals surface area (Å²) >= 11 is 0. The minimum Gasteiger partial charge on any atom is -0.481 e. The molecule has 1 amide bonds. The van der Waals surface area contributed by atoms with Crippen molar-refractivity contribution in [2.45, 2.75) is 13.1 Å². The summed E-state index contributed by atoms with van der Waals surface area (Å²) in [4.78, 5) is 15.7. The Labute approximate surface area is 148 Å². The Morgan fingerprint density at radius 3 is 2.77 bits per heavy atom. The van der Waals surface area contributed by atoms with Crippen LogP contribution in [0.4, 0.5) is 8.78 Å². The van der Waals surface area contributed by atoms with Crippen molar-refractivity contribution in [1.82, 2.24) is 20.1 Å². The van der Waals surface area contributed by atoms with Gasteiger partial charge in [-0.1, -0.05) is 24.3 Å². The van der Waals surface area contributed by atoms with Gasteiger partial charge in [0.25, 0.3) is 5.91 Å². The number of benzene rings is 2. The van der Waals surface area contributed by atoms with E-state index in [-0.39, 0.29) is 12.4 Å². The van der Waals surface area contributed by atoms with E-state index < -0.39 is 17.5 Å². The second-order valence-electron chi connectivity index (χ2n) is 5.55. The number of carbonyl (C=O) groups excluding carboxylic acids is 1. The van der Waals surface area contributed by atoms with Crippen molar-refractivity contribution in [3.63, 3.8) is 0 Å². The van der Waals surface area contributed by atoms with E-state index in [0.717, 1.165) is 23.3 Å². The van der Waals surface area contributed by atoms with E-state index >= 15 is 0 Å². The van der Waals surface area contributed by atoms with E-state index in [1.807, 2.05) is 24.3 Å². The van der Waals surface area contributed by atoms with Gasteiger partial charge in [-0.25, -0.2) is 18.4 Å². The summed E-state index contributed by atoms with van der Waals surface area (Å²) in [5.41, 5.74) is 1.93. The summed E-state index contributed by atoms with van der Waals surface area (Å²) in [6.45, 7) is 0.523. The number of amides is 1. The molecule has 0 unspecified atom stereocenters. The van der Waals surface area contributed by atoms with Crippen molar-refractivity contribution >= 4 is 5.91 Å². The number of carbonyl (C=O) groups is 1. The highest BCUT2D eigenvalue weighted by atomic mass is 19.1. The van der Waals surface area contributed by atoms with E-state index in [0.29, 0.717) is 19.2 Å². The summed E-state index contributed by atoms with van der Waals surface area (Å²) in [6.07, 6.45) is 3.09. The predicted molar refractivity (Wildman–Crippen MR) is 89.3 cm³/mol. The van der Waals surface area contributed by atoms with Crippen LogP contribution in [-0.2, 0) is 17.9 Å². The maximum atomic E-state index is 13.4. The zero-order valence-corrected chi connectivity index (χ0v) is 13.7. The van der Waals surface area contributed by atoms with Crippen LogP contribution < -0.4 is 10.1 Å². The molecule has 0 aliphatic carbocycles. The molecule has 26 heavy (non-hydrogen) atoms. The van der Waals surface area contributed by atoms with Crippen LogP contribution in [0.3, 0.4) is 0 Å². The summed E-state index contributed by atoms with van der Waals surface area (Å²) in [5.74, 6) is -2.13. The zero-order chi connectivity index (χ0) is 18.4. The normalized spacial score (nSPS) is 10.5. The highest BCUT2D eigenvalue weighted by molar-refractivity contribution is 5.77. The van der Waals surface area contributed by atoms with Gasteiger partial charge < -0.3 is 10.1 Å². The molecular weight excluding hydrogens is 342 g/mol. The van der Waals surface area contributed by atoms with Gasteiger partial charge >= 0.3 is 0 Å². The summed E-state index contributed by atoms with van der Waals surface area (Å²) in [7, 11) is 0. The van der Waals surface area contributed by atoms with Gasteiger partial charge in [0.15, 0.2) is 18.2 Å². The number of rotatable bonds is 7. The quantitative estimate of drug-likeness (QED) is 0.704. The molecule has 0 saturated carbocycles. The topological polar surface area (TPSA) is 69.0 Å². The van der Waals surface area contributed by atoms with Gasteiger partial charge in [-0.05, 0) is 23.3 Å². The standard InChI is InChI=1S/C18H16F2N4O2/c19-15-4-5-17(16(20)7-15)26-10-18(25)22-8-13-2-1-3-14(6-13)9-24-12-21-11-23-24/h1-7,11-12H,8-10H2,(H,22,25). The van der Waals surface area contributed by atoms with Crippen LogP contribution in [0.15, 0.2) is 55.1 Å². The van der Waals surface area contributed by atoms with Gasteiger partial charge in [-0.15, -0.1) is 0 Å². The van der Waals surface area contributed by atoms with Crippen molar-refractivity contribution in [2.24, 2.45) is 0 Å². The molecular formula is C18H16F2N4O2. The SMILES string of the molecule is O=C(COc1ccc(F)cc1F)NCc1cccc(Cn2cncn2)c1. The van der Waals surface area contributed by atoms with Crippen LogP contribution in [0.1, 0.15) is 11.1 Å². The Balaban J connectivity index is 1.49. The molecule has 3 rings (SSSR count). The fourth-order valence-corrected chi connectivity index (χ4v) is 2.33. The molecule has 1 aromatic heterocycles. The molecule has 0 radical (unpaired) electrons. The molecule has 134 valence electrons. The van der Waals surface area contributed by atoms with E-state index in [1.165, 1.54) is 6.33 Å². The Morgan fingerprint density at radius 1 is 1.15 bits per heavy atom. The number of nitrogens with zero attached hydrogens (tertiary/aromatic N) is 3. The minimum atomic E-state index is -0.849. The molecule has 2 aromatic carbocycles. The van der Waals surface area contributed by atoms with Crippen molar-refractivity contribution in [2.75, 3.05) is 6.61 Å². The maximum absolute atomic E-state index is 13.4. The number of ether oxygens (including phenoxy) is 1. The third-order valence-electron chi connectivity index (χ3n) is 3.54. The fraction of sp³-hybridized carbons (Fsp3) is 0.167. The molecule has 8 heteroatoms. The lowest BCUT2D eigenvalue weighted by atomic mass is 10.1. The van der Waals surface area contributed by atoms with Gasteiger partial charge in [-0.2, -0.15) is 5.10 Å². The Bertz CT molecular complexity index is 885. The van der Waals surface area contributed by atoms with Gasteiger partial charge in [0, 0.05) is 12.6 Å². The first-order chi connectivity index (χ1) is 12.6. The fourth-order valence-electron chi connectivity index (χ4n) is 2.33. The Hall–Kier alpha value is -3.29. The molecule has 0 aliphatic rings. The van der Waals surface area contributed by atoms with E-state index in [1.54, 1.807) is 11.0 Å². The summed E-state index contributed by atoms with van der Waals surface area (Å²) < 4.78 is 33.0. The second kappa shape index (κ2) is 8.19. The molecule has 6 nitrogen and oxygen atoms in total. The first-order valence-corrected chi connectivity index (χ1v) is 7.85. The lowest BCUT2D eigenvalue weighted by Crippen LogP contribution is -2.28. The van der Waals surface area contributed by atoms with E-state index in [9.17, 15) is 13.6 Å². The molecule has 0 bridgehead atoms. The van der Waals surface area contributed by atoms with Crippen molar-refractivity contribution in [3.05, 3.63) is 77.9 Å². The van der Waals surface area contributed by atoms with Gasteiger partial charge in [0.05, 0.1) is 6.54 Å². The number of hydrogen-bond acceptors (Lipinski definition) is 4. The molecule has 1 N–H and O–H groups in total. The number of hydrogen-bond donors (Lipinski definition) is 1. The zero-order valence-electron chi connectivity index (χ0n) is 13.7. The maximum Gasteiger partial charge on any atom is 0.258 e. The average Bonchev–Trinajstić information content (AvgIpc) is 3.12. The smallest absolute Gasteiger partial charge is 0.258 e. The minimum absolute atomic E-state index is 0.170. The molecule has 0 atom stereocenters. The largest absolute Gasteiger partial charge is 0.481 e. The molecule has 3 aromatic rings. The van der Waals surface area contributed by atoms with Crippen LogP contribution >= 0.6 is 0 Å². The van der Waals surface area contributed by atoms with E-state index in [2.05, 4.69) is 15.4 Å². The average molecular weight is 358 g/mol. The van der Waals surface area contributed by atoms with Gasteiger partial charge in [0.2, 0.25) is 0 Å². The monoisotopic (exact) mass is 358 g/mol. The molecule has 0 aliphatic heterocycles. The van der Waals surface area contributed by atoms with Gasteiger partial charge in [0.1, 0.15) is 18.5 Å². The Kier molecular flexibility index (Phi) is 5.52. The number of halogens is 2. The first-order valence-electron chi connectivity index (χ1n) is 7.85. The lowest BCUT2D eigenvalue weighted by molar-refractivity contribution is -0.123. The van der Waals surface area contributed by atoms with Crippen molar-refractivity contribution < 1.29 is 18.3 Å².